The number of allylic oxidation sites excluding steroid dienone is 1. The number of hydrogen-bond donors (Lipinski definition) is 3. The van der Waals surface area contributed by atoms with Gasteiger partial charge in [0.05, 0.1) is 15.6 Å². The number of hydrogen-bond acceptors (Lipinski definition) is 5. The van der Waals surface area contributed by atoms with Gasteiger partial charge in [-0.2, -0.15) is 0 Å². The van der Waals surface area contributed by atoms with E-state index in [-0.39, 0.29) is 11.7 Å². The van der Waals surface area contributed by atoms with Crippen LogP contribution in [0.5, 0.6) is 0 Å². The molecule has 2 aromatic rings. The summed E-state index contributed by atoms with van der Waals surface area (Å²) in [6, 6.07) is 14.1. The lowest BCUT2D eigenvalue weighted by atomic mass is 9.94. The summed E-state index contributed by atoms with van der Waals surface area (Å²) < 4.78 is 0. The summed E-state index contributed by atoms with van der Waals surface area (Å²) in [4.78, 5) is 26.3. The normalized spacial score (nSPS) is 15.2. The maximum absolute atomic E-state index is 13.3. The average molecular weight is 478 g/mol. The van der Waals surface area contributed by atoms with Gasteiger partial charge >= 0.3 is 0 Å². The zero-order valence-electron chi connectivity index (χ0n) is 17.2. The Morgan fingerprint density at radius 2 is 1.81 bits per heavy atom. The minimum absolute atomic E-state index is 0.114. The highest BCUT2D eigenvalue weighted by Crippen LogP contribution is 2.30. The van der Waals surface area contributed by atoms with Gasteiger partial charge < -0.3 is 5.32 Å². The highest BCUT2D eigenvalue weighted by molar-refractivity contribution is 8.03. The topological polar surface area (TPSA) is 70.2 Å². The van der Waals surface area contributed by atoms with Crippen LogP contribution < -0.4 is 16.2 Å². The van der Waals surface area contributed by atoms with Gasteiger partial charge in [0, 0.05) is 22.6 Å². The Hall–Kier alpha value is -1.99. The molecule has 0 radical (unpaired) electrons. The van der Waals surface area contributed by atoms with Crippen LogP contribution >= 0.6 is 35.0 Å². The molecule has 31 heavy (non-hydrogen) atoms. The van der Waals surface area contributed by atoms with Gasteiger partial charge in [-0.25, -0.2) is 0 Å². The van der Waals surface area contributed by atoms with Crippen LogP contribution in [0.1, 0.15) is 35.2 Å². The lowest BCUT2D eigenvalue weighted by molar-refractivity contribution is -0.122. The van der Waals surface area contributed by atoms with Gasteiger partial charge in [0.1, 0.15) is 0 Å². The molecule has 8 heteroatoms. The molecule has 1 aliphatic rings. The summed E-state index contributed by atoms with van der Waals surface area (Å²) in [6.07, 6.45) is 4.20. The highest BCUT2D eigenvalue weighted by Gasteiger charge is 2.22. The van der Waals surface area contributed by atoms with Crippen molar-refractivity contribution in [2.45, 2.75) is 19.3 Å². The number of rotatable bonds is 8. The summed E-state index contributed by atoms with van der Waals surface area (Å²) in [7, 11) is 0. The molecule has 5 nitrogen and oxygen atoms in total. The monoisotopic (exact) mass is 477 g/mol. The van der Waals surface area contributed by atoms with Crippen molar-refractivity contribution in [2.75, 3.05) is 19.3 Å². The Morgan fingerprint density at radius 3 is 2.48 bits per heavy atom. The van der Waals surface area contributed by atoms with Gasteiger partial charge in [-0.15, -0.1) is 11.8 Å². The van der Waals surface area contributed by atoms with Gasteiger partial charge in [-0.1, -0.05) is 47.5 Å². The van der Waals surface area contributed by atoms with Crippen LogP contribution in [0.3, 0.4) is 0 Å². The predicted octanol–water partition coefficient (Wildman–Crippen LogP) is 4.92. The molecular weight excluding hydrogens is 453 g/mol. The molecule has 0 atom stereocenters. The smallest absolute Gasteiger partial charge is 0.238 e. The summed E-state index contributed by atoms with van der Waals surface area (Å²) in [5.41, 5.74) is 7.35. The van der Waals surface area contributed by atoms with E-state index in [0.29, 0.717) is 44.1 Å². The molecule has 0 unspecified atom stereocenters. The van der Waals surface area contributed by atoms with Crippen LogP contribution in [0, 0.1) is 5.92 Å². The number of piperidine rings is 1. The largest absolute Gasteiger partial charge is 0.317 e. The first kappa shape index (κ1) is 23.7. The number of nitrogens with one attached hydrogen (secondary N) is 3. The van der Waals surface area contributed by atoms with Crippen molar-refractivity contribution in [3.8, 4) is 0 Å². The second-order valence-corrected chi connectivity index (χ2v) is 8.96. The van der Waals surface area contributed by atoms with Crippen molar-refractivity contribution in [1.29, 1.82) is 0 Å². The predicted molar refractivity (Wildman–Crippen MR) is 129 cm³/mol. The summed E-state index contributed by atoms with van der Waals surface area (Å²) in [5, 5.41) is 4.21. The molecule has 2 aromatic carbocycles. The third kappa shape index (κ3) is 6.50. The first-order chi connectivity index (χ1) is 15.0. The summed E-state index contributed by atoms with van der Waals surface area (Å²) in [6.45, 7) is 1.87. The first-order valence-corrected chi connectivity index (χ1v) is 12.1. The standard InChI is InChI=1S/C23H25Cl2N3O2S/c1-31-23(22(30)18-7-2-3-8-19(18)25)21(16-5-4-6-17(24)14-16)28-27-20(29)13-15-9-11-26-12-10-15/h2-8,14-15,26,28H,9-13H2,1H3,(H,27,29)/b23-21-. The Kier molecular flexibility index (Phi) is 8.84. The quantitative estimate of drug-likeness (QED) is 0.286. The summed E-state index contributed by atoms with van der Waals surface area (Å²) >= 11 is 13.7. The van der Waals surface area contributed by atoms with E-state index in [1.54, 1.807) is 42.5 Å². The molecule has 0 aliphatic carbocycles. The SMILES string of the molecule is CS/C(C(=O)c1ccccc1Cl)=C(\NNC(=O)CC1CCNCC1)c1cccc(Cl)c1. The number of thioether (sulfide) groups is 1. The molecule has 0 spiro atoms. The molecule has 3 rings (SSSR count). The van der Waals surface area contributed by atoms with E-state index >= 15 is 0 Å². The van der Waals surface area contributed by atoms with Gasteiger partial charge in [0.15, 0.2) is 0 Å². The van der Waals surface area contributed by atoms with Crippen molar-refractivity contribution >= 4 is 52.4 Å². The van der Waals surface area contributed by atoms with Gasteiger partial charge in [0.25, 0.3) is 0 Å². The average Bonchev–Trinajstić information content (AvgIpc) is 2.77. The Labute approximate surface area is 196 Å². The number of hydrazine groups is 1. The highest BCUT2D eigenvalue weighted by atomic mass is 35.5. The number of halogens is 2. The number of carbonyl (C=O) groups excluding carboxylic acids is 2. The zero-order valence-corrected chi connectivity index (χ0v) is 19.5. The lowest BCUT2D eigenvalue weighted by Crippen LogP contribution is -2.39. The van der Waals surface area contributed by atoms with Gasteiger partial charge in [0.2, 0.25) is 11.7 Å². The fourth-order valence-corrected chi connectivity index (χ4v) is 4.59. The van der Waals surface area contributed by atoms with Crippen LogP contribution in [0.4, 0.5) is 0 Å². The van der Waals surface area contributed by atoms with Crippen molar-refractivity contribution in [2.24, 2.45) is 5.92 Å². The molecule has 0 bridgehead atoms. The van der Waals surface area contributed by atoms with Crippen LogP contribution in [-0.2, 0) is 4.79 Å². The Morgan fingerprint density at radius 1 is 1.06 bits per heavy atom. The van der Waals surface area contributed by atoms with Crippen LogP contribution in [0.25, 0.3) is 5.70 Å². The molecule has 0 saturated carbocycles. The van der Waals surface area contributed by atoms with Crippen LogP contribution in [0.15, 0.2) is 53.4 Å². The van der Waals surface area contributed by atoms with Crippen molar-refractivity contribution in [1.82, 2.24) is 16.2 Å². The van der Waals surface area contributed by atoms with E-state index in [1.807, 2.05) is 12.3 Å². The molecular formula is C23H25Cl2N3O2S. The number of carbonyl (C=O) groups is 2. The number of amides is 1. The fourth-order valence-electron chi connectivity index (χ4n) is 3.51. The van der Waals surface area contributed by atoms with Crippen LogP contribution in [0.2, 0.25) is 10.0 Å². The van der Waals surface area contributed by atoms with Crippen molar-refractivity contribution < 1.29 is 9.59 Å². The molecule has 1 aliphatic heterocycles. The fraction of sp³-hybridized carbons (Fsp3) is 0.304. The van der Waals surface area contributed by atoms with Crippen LogP contribution in [-0.4, -0.2) is 31.0 Å². The third-order valence-electron chi connectivity index (χ3n) is 5.13. The van der Waals surface area contributed by atoms with E-state index in [0.717, 1.165) is 25.9 Å². The number of Topliss-reactive ketones (excluding diaryl/α,β-unsaturated/α-hetero) is 1. The lowest BCUT2D eigenvalue weighted by Gasteiger charge is -2.23. The zero-order chi connectivity index (χ0) is 22.2. The maximum atomic E-state index is 13.3. The van der Waals surface area contributed by atoms with E-state index in [4.69, 9.17) is 23.2 Å². The van der Waals surface area contributed by atoms with E-state index in [2.05, 4.69) is 16.2 Å². The second kappa shape index (κ2) is 11.6. The van der Waals surface area contributed by atoms with Gasteiger partial charge in [-0.3, -0.25) is 20.4 Å². The molecule has 1 fully saturated rings. The van der Waals surface area contributed by atoms with E-state index < -0.39 is 0 Å². The number of ketones is 1. The molecule has 1 amide bonds. The van der Waals surface area contributed by atoms with E-state index in [1.165, 1.54) is 11.8 Å². The maximum Gasteiger partial charge on any atom is 0.238 e. The second-order valence-electron chi connectivity index (χ2n) is 7.30. The van der Waals surface area contributed by atoms with Gasteiger partial charge in [-0.05, 0) is 62.4 Å². The third-order valence-corrected chi connectivity index (χ3v) is 6.49. The molecule has 0 aromatic heterocycles. The number of benzene rings is 2. The molecule has 164 valence electrons. The van der Waals surface area contributed by atoms with E-state index in [9.17, 15) is 9.59 Å². The molecule has 1 heterocycles. The Balaban J connectivity index is 1.88. The minimum atomic E-state index is -0.229. The van der Waals surface area contributed by atoms with Crippen molar-refractivity contribution in [3.05, 3.63) is 74.6 Å². The molecule has 3 N–H and O–H groups in total. The summed E-state index contributed by atoms with van der Waals surface area (Å²) in [5.74, 6) is 0.0108. The minimum Gasteiger partial charge on any atom is -0.317 e. The Bertz CT molecular complexity index is 975. The first-order valence-electron chi connectivity index (χ1n) is 10.1. The molecule has 1 saturated heterocycles. The van der Waals surface area contributed by atoms with Crippen molar-refractivity contribution in [3.63, 3.8) is 0 Å².